The molecule has 0 radical (unpaired) electrons. The highest BCUT2D eigenvalue weighted by Gasteiger charge is 2.32. The van der Waals surface area contributed by atoms with E-state index in [-0.39, 0.29) is 19.7 Å². The van der Waals surface area contributed by atoms with E-state index in [9.17, 15) is 27.6 Å². The summed E-state index contributed by atoms with van der Waals surface area (Å²) in [4.78, 5) is 35.3. The molecule has 0 unspecified atom stereocenters. The van der Waals surface area contributed by atoms with Gasteiger partial charge in [0.15, 0.2) is 6.61 Å². The molecule has 1 aromatic carbocycles. The smallest absolute Gasteiger partial charge is 0.417 e. The van der Waals surface area contributed by atoms with Crippen molar-refractivity contribution < 1.29 is 27.5 Å². The van der Waals surface area contributed by atoms with E-state index < -0.39 is 40.7 Å². The number of benzene rings is 1. The van der Waals surface area contributed by atoms with Crippen LogP contribution in [0.15, 0.2) is 47.4 Å². The molecule has 0 saturated heterocycles. The van der Waals surface area contributed by atoms with Crippen molar-refractivity contribution in [2.24, 2.45) is 0 Å². The van der Waals surface area contributed by atoms with Crippen LogP contribution in [0, 0.1) is 0 Å². The summed E-state index contributed by atoms with van der Waals surface area (Å²) >= 11 is 5.52. The number of hydrogen-bond donors (Lipinski definition) is 2. The Kier molecular flexibility index (Phi) is 7.66. The lowest BCUT2D eigenvalue weighted by atomic mass is 10.2. The molecule has 0 spiro atoms. The second-order valence-electron chi connectivity index (χ2n) is 5.81. The topological polar surface area (TPSA) is 89.4 Å². The number of halogens is 4. The van der Waals surface area contributed by atoms with Gasteiger partial charge in [0.25, 0.3) is 11.5 Å². The molecule has 0 fully saturated rings. The lowest BCUT2D eigenvalue weighted by molar-refractivity contribution is -0.138. The highest BCUT2D eigenvalue weighted by molar-refractivity contribution is 6.30. The highest BCUT2D eigenvalue weighted by Crippen LogP contribution is 2.29. The van der Waals surface area contributed by atoms with Gasteiger partial charge in [-0.3, -0.25) is 14.4 Å². The number of nitrogens with zero attached hydrogens (tertiary/aromatic N) is 1. The Morgan fingerprint density at radius 1 is 1.07 bits per heavy atom. The van der Waals surface area contributed by atoms with Gasteiger partial charge in [-0.1, -0.05) is 29.8 Å². The van der Waals surface area contributed by atoms with Gasteiger partial charge in [0.2, 0.25) is 5.91 Å². The van der Waals surface area contributed by atoms with Crippen molar-refractivity contribution >= 4 is 23.4 Å². The summed E-state index contributed by atoms with van der Waals surface area (Å²) in [6.07, 6.45) is -4.18. The van der Waals surface area contributed by atoms with Gasteiger partial charge >= 0.3 is 6.18 Å². The summed E-state index contributed by atoms with van der Waals surface area (Å²) in [5, 5.41) is 4.25. The van der Waals surface area contributed by atoms with Crippen molar-refractivity contribution in [2.45, 2.75) is 12.7 Å². The third kappa shape index (κ3) is 7.15. The molecular formula is C18H17ClF3N3O4. The maximum atomic E-state index is 12.8. The minimum absolute atomic E-state index is 0.0113. The number of amides is 2. The number of nitrogens with one attached hydrogen (secondary N) is 2. The van der Waals surface area contributed by atoms with Gasteiger partial charge in [0.1, 0.15) is 17.3 Å². The second-order valence-corrected chi connectivity index (χ2v) is 6.22. The average Bonchev–Trinajstić information content (AvgIpc) is 2.67. The summed E-state index contributed by atoms with van der Waals surface area (Å²) in [7, 11) is 0. The molecule has 29 heavy (non-hydrogen) atoms. The number of para-hydroxylation sites is 1. The van der Waals surface area contributed by atoms with Crippen molar-refractivity contribution in [2.75, 3.05) is 19.7 Å². The number of ether oxygens (including phenoxy) is 1. The number of pyridine rings is 1. The van der Waals surface area contributed by atoms with Gasteiger partial charge in [-0.15, -0.1) is 0 Å². The van der Waals surface area contributed by atoms with E-state index in [1.165, 1.54) is 0 Å². The van der Waals surface area contributed by atoms with Crippen molar-refractivity contribution in [3.05, 3.63) is 63.5 Å². The molecule has 2 N–H and O–H groups in total. The van der Waals surface area contributed by atoms with Crippen LogP contribution in [0.4, 0.5) is 13.2 Å². The zero-order valence-electron chi connectivity index (χ0n) is 15.0. The standard InChI is InChI=1S/C18H17ClF3N3O4/c19-14-8-12(18(20,21)22)9-25(17(14)28)10-15(26)23-6-7-24-16(27)11-29-13-4-2-1-3-5-13/h1-5,8-9H,6-7,10-11H2,(H,23,26)(H,24,27). The number of aromatic nitrogens is 1. The molecule has 2 amide bonds. The van der Waals surface area contributed by atoms with Crippen LogP contribution in [0.25, 0.3) is 0 Å². The van der Waals surface area contributed by atoms with Crippen LogP contribution >= 0.6 is 11.6 Å². The van der Waals surface area contributed by atoms with Gasteiger partial charge in [-0.25, -0.2) is 0 Å². The first-order valence-electron chi connectivity index (χ1n) is 8.35. The first-order valence-corrected chi connectivity index (χ1v) is 8.73. The Balaban J connectivity index is 1.77. The van der Waals surface area contributed by atoms with E-state index >= 15 is 0 Å². The van der Waals surface area contributed by atoms with Gasteiger partial charge in [-0.2, -0.15) is 13.2 Å². The fourth-order valence-corrected chi connectivity index (χ4v) is 2.43. The van der Waals surface area contributed by atoms with Gasteiger partial charge in [0, 0.05) is 19.3 Å². The summed E-state index contributed by atoms with van der Waals surface area (Å²) < 4.78 is 44.2. The van der Waals surface area contributed by atoms with E-state index in [4.69, 9.17) is 16.3 Å². The lowest BCUT2D eigenvalue weighted by Crippen LogP contribution is -2.39. The molecule has 7 nitrogen and oxygen atoms in total. The normalized spacial score (nSPS) is 11.0. The molecule has 0 aliphatic heterocycles. The van der Waals surface area contributed by atoms with E-state index in [2.05, 4.69) is 10.6 Å². The van der Waals surface area contributed by atoms with Crippen LogP contribution in [-0.4, -0.2) is 36.1 Å². The Bertz CT molecular complexity index is 917. The van der Waals surface area contributed by atoms with Crippen molar-refractivity contribution in [1.82, 2.24) is 15.2 Å². The molecule has 2 aromatic rings. The van der Waals surface area contributed by atoms with Crippen LogP contribution in [0.3, 0.4) is 0 Å². The minimum atomic E-state index is -4.71. The predicted molar refractivity (Wildman–Crippen MR) is 98.7 cm³/mol. The number of carbonyl (C=O) groups excluding carboxylic acids is 2. The SMILES string of the molecule is O=C(COc1ccccc1)NCCNC(=O)Cn1cc(C(F)(F)F)cc(Cl)c1=O. The van der Waals surface area contributed by atoms with E-state index in [1.807, 2.05) is 0 Å². The number of carbonyl (C=O) groups is 2. The third-order valence-electron chi connectivity index (χ3n) is 3.57. The second kappa shape index (κ2) is 9.97. The zero-order valence-corrected chi connectivity index (χ0v) is 15.7. The van der Waals surface area contributed by atoms with Crippen LogP contribution < -0.4 is 20.9 Å². The van der Waals surface area contributed by atoms with Crippen LogP contribution in [0.2, 0.25) is 5.02 Å². The van der Waals surface area contributed by atoms with E-state index in [0.29, 0.717) is 22.6 Å². The Morgan fingerprint density at radius 2 is 1.69 bits per heavy atom. The molecule has 2 rings (SSSR count). The molecule has 0 aliphatic carbocycles. The van der Waals surface area contributed by atoms with Crippen molar-refractivity contribution in [3.8, 4) is 5.75 Å². The molecule has 0 bridgehead atoms. The molecule has 0 atom stereocenters. The molecule has 1 heterocycles. The number of rotatable bonds is 8. The molecule has 0 aliphatic rings. The summed E-state index contributed by atoms with van der Waals surface area (Å²) in [6, 6.07) is 9.20. The minimum Gasteiger partial charge on any atom is -0.484 e. The Labute approximate surface area is 168 Å². The molecule has 0 saturated carbocycles. The van der Waals surface area contributed by atoms with Gasteiger partial charge in [0.05, 0.1) is 5.56 Å². The quantitative estimate of drug-likeness (QED) is 0.624. The molecular weight excluding hydrogens is 415 g/mol. The monoisotopic (exact) mass is 431 g/mol. The maximum absolute atomic E-state index is 12.8. The number of alkyl halides is 3. The first kappa shape index (κ1) is 22.3. The Morgan fingerprint density at radius 3 is 2.31 bits per heavy atom. The van der Waals surface area contributed by atoms with Crippen LogP contribution in [0.1, 0.15) is 5.56 Å². The largest absolute Gasteiger partial charge is 0.484 e. The Hall–Kier alpha value is -3.01. The lowest BCUT2D eigenvalue weighted by Gasteiger charge is -2.12. The van der Waals surface area contributed by atoms with E-state index in [0.717, 1.165) is 0 Å². The van der Waals surface area contributed by atoms with Crippen LogP contribution in [0.5, 0.6) is 5.75 Å². The summed E-state index contributed by atoms with van der Waals surface area (Å²) in [5.41, 5.74) is -2.05. The van der Waals surface area contributed by atoms with Gasteiger partial charge < -0.3 is 19.9 Å². The van der Waals surface area contributed by atoms with E-state index in [1.54, 1.807) is 30.3 Å². The summed E-state index contributed by atoms with van der Waals surface area (Å²) in [5.74, 6) is -0.595. The maximum Gasteiger partial charge on any atom is 0.417 e. The van der Waals surface area contributed by atoms with Gasteiger partial charge in [-0.05, 0) is 18.2 Å². The molecule has 1 aromatic heterocycles. The van der Waals surface area contributed by atoms with Crippen LogP contribution in [-0.2, 0) is 22.3 Å². The fourth-order valence-electron chi connectivity index (χ4n) is 2.20. The fraction of sp³-hybridized carbons (Fsp3) is 0.278. The average molecular weight is 432 g/mol. The number of hydrogen-bond acceptors (Lipinski definition) is 4. The van der Waals surface area contributed by atoms with Crippen molar-refractivity contribution in [1.29, 1.82) is 0 Å². The third-order valence-corrected chi connectivity index (χ3v) is 3.84. The molecule has 11 heteroatoms. The first-order chi connectivity index (χ1) is 13.7. The predicted octanol–water partition coefficient (Wildman–Crippen LogP) is 1.83. The highest BCUT2D eigenvalue weighted by atomic mass is 35.5. The molecule has 156 valence electrons. The summed E-state index contributed by atoms with van der Waals surface area (Å²) in [6.45, 7) is -0.776. The zero-order chi connectivity index (χ0) is 21.4. The van der Waals surface area contributed by atoms with Crippen molar-refractivity contribution in [3.63, 3.8) is 0 Å².